The second-order valence-corrected chi connectivity index (χ2v) is 8.96. The van der Waals surface area contributed by atoms with Crippen LogP contribution in [0.25, 0.3) is 11.2 Å². The molecule has 12 nitrogen and oxygen atoms in total. The Morgan fingerprint density at radius 2 is 1.68 bits per heavy atom. The summed E-state index contributed by atoms with van der Waals surface area (Å²) in [7, 11) is 4.75. The molecule has 4 heterocycles. The van der Waals surface area contributed by atoms with Gasteiger partial charge in [0, 0.05) is 50.5 Å². The summed E-state index contributed by atoms with van der Waals surface area (Å²) in [5.74, 6) is 4.47. The number of fused-ring (bicyclic) bond motifs is 2. The minimum Gasteiger partial charge on any atom is -0.493 e. The molecular weight excluding hydrogens is 490 g/mol. The first-order valence-electron chi connectivity index (χ1n) is 12.3. The van der Waals surface area contributed by atoms with E-state index in [1.54, 1.807) is 27.7 Å². The van der Waals surface area contributed by atoms with Crippen molar-refractivity contribution in [2.24, 2.45) is 0 Å². The number of ether oxygens (including phenoxy) is 5. The van der Waals surface area contributed by atoms with Gasteiger partial charge in [0.05, 0.1) is 27.7 Å². The van der Waals surface area contributed by atoms with Crippen LogP contribution in [0.15, 0.2) is 36.7 Å². The molecule has 0 aliphatic carbocycles. The quantitative estimate of drug-likeness (QED) is 0.357. The second-order valence-electron chi connectivity index (χ2n) is 8.96. The first kappa shape index (κ1) is 23.9. The number of hydrogen-bond acceptors (Lipinski definition) is 11. The predicted molar refractivity (Wildman–Crippen MR) is 141 cm³/mol. The third kappa shape index (κ3) is 4.54. The molecule has 0 atom stereocenters. The van der Waals surface area contributed by atoms with Crippen molar-refractivity contribution in [2.45, 2.75) is 6.54 Å². The van der Waals surface area contributed by atoms with E-state index < -0.39 is 0 Å². The van der Waals surface area contributed by atoms with Gasteiger partial charge in [0.25, 0.3) is 0 Å². The molecular formula is C26H29N7O5. The van der Waals surface area contributed by atoms with Crippen molar-refractivity contribution >= 4 is 28.6 Å². The minimum atomic E-state index is 0.286. The third-order valence-corrected chi connectivity index (χ3v) is 6.70. The van der Waals surface area contributed by atoms with Crippen molar-refractivity contribution in [3.05, 3.63) is 42.2 Å². The highest BCUT2D eigenvalue weighted by Gasteiger charge is 2.23. The average molecular weight is 520 g/mol. The van der Waals surface area contributed by atoms with Gasteiger partial charge in [-0.1, -0.05) is 6.07 Å². The molecule has 0 amide bonds. The molecule has 2 aliphatic heterocycles. The Balaban J connectivity index is 1.19. The average Bonchev–Trinajstić information content (AvgIpc) is 3.62. The predicted octanol–water partition coefficient (Wildman–Crippen LogP) is 3.17. The number of aromatic nitrogens is 4. The van der Waals surface area contributed by atoms with Crippen LogP contribution in [0.1, 0.15) is 5.56 Å². The first-order chi connectivity index (χ1) is 18.6. The van der Waals surface area contributed by atoms with E-state index in [1.807, 2.05) is 18.2 Å². The third-order valence-electron chi connectivity index (χ3n) is 6.70. The molecule has 4 aromatic rings. The number of anilines is 3. The number of benzene rings is 2. The fraction of sp³-hybridized carbons (Fsp3) is 0.346. The maximum atomic E-state index is 5.52. The minimum absolute atomic E-state index is 0.286. The molecule has 0 saturated carbocycles. The zero-order chi connectivity index (χ0) is 26.1. The van der Waals surface area contributed by atoms with Crippen LogP contribution in [-0.2, 0) is 6.54 Å². The van der Waals surface area contributed by atoms with Crippen LogP contribution >= 0.6 is 0 Å². The van der Waals surface area contributed by atoms with Crippen LogP contribution in [0.3, 0.4) is 0 Å². The van der Waals surface area contributed by atoms with E-state index in [9.17, 15) is 0 Å². The molecule has 2 aliphatic rings. The van der Waals surface area contributed by atoms with Gasteiger partial charge in [-0.3, -0.25) is 4.90 Å². The van der Waals surface area contributed by atoms with Crippen LogP contribution in [0, 0.1) is 0 Å². The summed E-state index contributed by atoms with van der Waals surface area (Å²) in [6.07, 6.45) is 1.62. The highest BCUT2D eigenvalue weighted by atomic mass is 16.7. The number of piperazine rings is 1. The van der Waals surface area contributed by atoms with Gasteiger partial charge in [-0.2, -0.15) is 9.97 Å². The van der Waals surface area contributed by atoms with Crippen molar-refractivity contribution in [3.63, 3.8) is 0 Å². The lowest BCUT2D eigenvalue weighted by Gasteiger charge is -2.34. The van der Waals surface area contributed by atoms with Crippen molar-refractivity contribution in [3.8, 4) is 28.7 Å². The second kappa shape index (κ2) is 10.1. The first-order valence-corrected chi connectivity index (χ1v) is 12.3. The van der Waals surface area contributed by atoms with E-state index in [0.29, 0.717) is 40.2 Å². The summed E-state index contributed by atoms with van der Waals surface area (Å²) >= 11 is 0. The number of aromatic amines is 1. The van der Waals surface area contributed by atoms with Crippen LogP contribution in [-0.4, -0.2) is 79.1 Å². The molecule has 2 aromatic heterocycles. The lowest BCUT2D eigenvalue weighted by molar-refractivity contribution is 0.174. The molecule has 0 spiro atoms. The van der Waals surface area contributed by atoms with Gasteiger partial charge >= 0.3 is 0 Å². The summed E-state index contributed by atoms with van der Waals surface area (Å²) < 4.78 is 27.4. The molecule has 198 valence electrons. The number of nitrogens with zero attached hydrogens (tertiary/aromatic N) is 5. The van der Waals surface area contributed by atoms with Gasteiger partial charge < -0.3 is 38.9 Å². The molecule has 6 rings (SSSR count). The summed E-state index contributed by atoms with van der Waals surface area (Å²) in [6, 6.07) is 9.80. The van der Waals surface area contributed by atoms with Crippen molar-refractivity contribution in [2.75, 3.05) is 64.5 Å². The fourth-order valence-electron chi connectivity index (χ4n) is 4.75. The SMILES string of the molecule is COc1cc(Nc2nc(N3CCN(Cc4ccc5c(c4)OCO5)CC3)nc3nc[nH]c23)cc(OC)c1OC. The van der Waals surface area contributed by atoms with E-state index in [-0.39, 0.29) is 6.79 Å². The zero-order valence-electron chi connectivity index (χ0n) is 21.5. The van der Waals surface area contributed by atoms with E-state index in [0.717, 1.165) is 49.9 Å². The summed E-state index contributed by atoms with van der Waals surface area (Å²) in [5, 5.41) is 3.38. The molecule has 0 unspecified atom stereocenters. The lowest BCUT2D eigenvalue weighted by Crippen LogP contribution is -2.46. The smallest absolute Gasteiger partial charge is 0.231 e. The molecule has 1 fully saturated rings. The normalized spacial score (nSPS) is 15.1. The zero-order valence-corrected chi connectivity index (χ0v) is 21.5. The summed E-state index contributed by atoms with van der Waals surface area (Å²) in [4.78, 5) is 21.7. The Kier molecular flexibility index (Phi) is 6.38. The van der Waals surface area contributed by atoms with Crippen molar-refractivity contribution in [1.82, 2.24) is 24.8 Å². The van der Waals surface area contributed by atoms with Crippen LogP contribution < -0.4 is 33.9 Å². The molecule has 1 saturated heterocycles. The van der Waals surface area contributed by atoms with E-state index in [4.69, 9.17) is 33.7 Å². The van der Waals surface area contributed by atoms with Crippen LogP contribution in [0.5, 0.6) is 28.7 Å². The number of hydrogen-bond donors (Lipinski definition) is 2. The molecule has 0 bridgehead atoms. The summed E-state index contributed by atoms with van der Waals surface area (Å²) in [5.41, 5.74) is 3.24. The number of H-pyrrole nitrogens is 1. The van der Waals surface area contributed by atoms with Gasteiger partial charge in [-0.15, -0.1) is 0 Å². The van der Waals surface area contributed by atoms with E-state index >= 15 is 0 Å². The molecule has 12 heteroatoms. The van der Waals surface area contributed by atoms with Gasteiger partial charge in [-0.05, 0) is 17.7 Å². The van der Waals surface area contributed by atoms with Crippen LogP contribution in [0.4, 0.5) is 17.5 Å². The summed E-state index contributed by atoms with van der Waals surface area (Å²) in [6.45, 7) is 4.48. The maximum Gasteiger partial charge on any atom is 0.231 e. The van der Waals surface area contributed by atoms with Crippen molar-refractivity contribution < 1.29 is 23.7 Å². The van der Waals surface area contributed by atoms with Crippen molar-refractivity contribution in [1.29, 1.82) is 0 Å². The van der Waals surface area contributed by atoms with Gasteiger partial charge in [-0.25, -0.2) is 4.98 Å². The molecule has 2 aromatic carbocycles. The fourth-order valence-corrected chi connectivity index (χ4v) is 4.75. The Hall–Kier alpha value is -4.45. The number of methoxy groups -OCH3 is 3. The Bertz CT molecular complexity index is 1430. The largest absolute Gasteiger partial charge is 0.493 e. The van der Waals surface area contributed by atoms with E-state index in [1.165, 1.54) is 5.56 Å². The number of nitrogens with one attached hydrogen (secondary N) is 2. The van der Waals surface area contributed by atoms with Gasteiger partial charge in [0.1, 0.15) is 5.52 Å². The Morgan fingerprint density at radius 3 is 2.42 bits per heavy atom. The number of imidazole rings is 1. The molecule has 2 N–H and O–H groups in total. The Labute approximate surface area is 219 Å². The molecule has 0 radical (unpaired) electrons. The van der Waals surface area contributed by atoms with E-state index in [2.05, 4.69) is 37.2 Å². The highest BCUT2D eigenvalue weighted by molar-refractivity contribution is 5.86. The monoisotopic (exact) mass is 519 g/mol. The lowest BCUT2D eigenvalue weighted by atomic mass is 10.1. The highest BCUT2D eigenvalue weighted by Crippen LogP contribution is 2.41. The number of rotatable bonds is 8. The van der Waals surface area contributed by atoms with Gasteiger partial charge in [0.2, 0.25) is 18.5 Å². The Morgan fingerprint density at radius 1 is 0.921 bits per heavy atom. The standard InChI is InChI=1S/C26H29N7O5/c1-34-20-11-17(12-21(35-2)23(20)36-3)29-25-22-24(28-14-27-22)30-26(31-25)33-8-6-32(7-9-33)13-16-4-5-18-19(10-16)38-15-37-18/h4-5,10-12,14H,6-9,13,15H2,1-3H3,(H2,27,28,29,30,31). The topological polar surface area (TPSA) is 119 Å². The van der Waals surface area contributed by atoms with Gasteiger partial charge in [0.15, 0.2) is 34.5 Å². The molecule has 38 heavy (non-hydrogen) atoms. The van der Waals surface area contributed by atoms with Crippen LogP contribution in [0.2, 0.25) is 0 Å². The maximum absolute atomic E-state index is 5.52.